The van der Waals surface area contributed by atoms with Gasteiger partial charge < -0.3 is 10.1 Å². The summed E-state index contributed by atoms with van der Waals surface area (Å²) >= 11 is 1.71. The van der Waals surface area contributed by atoms with E-state index in [1.54, 1.807) is 11.3 Å². The summed E-state index contributed by atoms with van der Waals surface area (Å²) in [4.78, 5) is 14.8. The van der Waals surface area contributed by atoms with Crippen LogP contribution in [0.15, 0.2) is 29.0 Å². The maximum atomic E-state index is 12.3. The van der Waals surface area contributed by atoms with E-state index in [0.717, 1.165) is 30.0 Å². The molecule has 0 spiro atoms. The summed E-state index contributed by atoms with van der Waals surface area (Å²) in [6, 6.07) is 6.54. The molecular weight excluding hydrogens is 344 g/mol. The van der Waals surface area contributed by atoms with E-state index >= 15 is 0 Å². The lowest BCUT2D eigenvalue weighted by Gasteiger charge is -2.27. The monoisotopic (exact) mass is 372 g/mol. The van der Waals surface area contributed by atoms with E-state index in [9.17, 15) is 4.79 Å². The molecule has 1 aliphatic heterocycles. The van der Waals surface area contributed by atoms with Crippen molar-refractivity contribution < 1.29 is 9.53 Å². The van der Waals surface area contributed by atoms with Gasteiger partial charge in [0.15, 0.2) is 6.61 Å². The Morgan fingerprint density at radius 1 is 1.27 bits per heavy atom. The number of carbonyl (C=O) groups is 1. The minimum atomic E-state index is -0.0667. The Kier molecular flexibility index (Phi) is 6.33. The number of amides is 1. The number of aryl methyl sites for hydroxylation is 2. The third-order valence-corrected chi connectivity index (χ3v) is 5.83. The first-order valence-electron chi connectivity index (χ1n) is 9.28. The minimum absolute atomic E-state index is 0.0556. The average Bonchev–Trinajstić information content (AvgIpc) is 3.31. The van der Waals surface area contributed by atoms with Crippen molar-refractivity contribution in [3.8, 4) is 5.75 Å². The highest BCUT2D eigenvalue weighted by Gasteiger charge is 2.24. The summed E-state index contributed by atoms with van der Waals surface area (Å²) < 4.78 is 5.79. The highest BCUT2D eigenvalue weighted by molar-refractivity contribution is 7.07. The molecule has 1 aromatic heterocycles. The molecule has 1 saturated heterocycles. The summed E-state index contributed by atoms with van der Waals surface area (Å²) in [7, 11) is 0. The quantitative estimate of drug-likeness (QED) is 0.799. The van der Waals surface area contributed by atoms with Crippen LogP contribution in [-0.4, -0.2) is 37.0 Å². The van der Waals surface area contributed by atoms with Crippen molar-refractivity contribution in [3.63, 3.8) is 0 Å². The molecule has 4 nitrogen and oxygen atoms in total. The molecule has 0 saturated carbocycles. The van der Waals surface area contributed by atoms with E-state index < -0.39 is 0 Å². The van der Waals surface area contributed by atoms with Gasteiger partial charge >= 0.3 is 0 Å². The van der Waals surface area contributed by atoms with Crippen LogP contribution >= 0.6 is 11.3 Å². The zero-order valence-electron chi connectivity index (χ0n) is 15.9. The third kappa shape index (κ3) is 4.65. The molecule has 1 fully saturated rings. The van der Waals surface area contributed by atoms with Crippen LogP contribution in [0.4, 0.5) is 0 Å². The summed E-state index contributed by atoms with van der Waals surface area (Å²) in [5.41, 5.74) is 4.72. The largest absolute Gasteiger partial charge is 0.483 e. The second-order valence-electron chi connectivity index (χ2n) is 7.11. The van der Waals surface area contributed by atoms with Gasteiger partial charge in [0.05, 0.1) is 6.04 Å². The molecule has 140 valence electrons. The number of likely N-dealkylation sites (tertiary alicyclic amines) is 1. The van der Waals surface area contributed by atoms with Crippen LogP contribution in [0.2, 0.25) is 0 Å². The van der Waals surface area contributed by atoms with Crippen LogP contribution in [-0.2, 0) is 4.79 Å². The Bertz CT molecular complexity index is 737. The van der Waals surface area contributed by atoms with Gasteiger partial charge in [-0.2, -0.15) is 11.3 Å². The van der Waals surface area contributed by atoms with E-state index in [1.807, 2.05) is 19.9 Å². The van der Waals surface area contributed by atoms with Crippen molar-refractivity contribution in [2.75, 3.05) is 26.2 Å². The predicted octanol–water partition coefficient (Wildman–Crippen LogP) is 4.01. The molecule has 2 heterocycles. The van der Waals surface area contributed by atoms with Crippen LogP contribution in [0.3, 0.4) is 0 Å². The molecule has 0 radical (unpaired) electrons. The van der Waals surface area contributed by atoms with E-state index in [-0.39, 0.29) is 18.6 Å². The Balaban J connectivity index is 1.56. The fraction of sp³-hybridized carbons (Fsp3) is 0.476. The summed E-state index contributed by atoms with van der Waals surface area (Å²) in [5, 5.41) is 7.35. The molecule has 0 aliphatic carbocycles. The number of thiophene rings is 1. The first-order chi connectivity index (χ1) is 12.5. The second-order valence-corrected chi connectivity index (χ2v) is 7.89. The van der Waals surface area contributed by atoms with Crippen molar-refractivity contribution in [2.45, 2.75) is 39.7 Å². The molecular formula is C21H28N2O2S. The SMILES string of the molecule is Cc1cc(C)c(C)c(OCC(=O)NCC(c2ccsc2)N2CCCC2)c1. The Hall–Kier alpha value is -1.85. The van der Waals surface area contributed by atoms with Crippen molar-refractivity contribution in [1.82, 2.24) is 10.2 Å². The summed E-state index contributed by atoms with van der Waals surface area (Å²) in [6.45, 7) is 9.04. The standard InChI is InChI=1S/C21H28N2O2S/c1-15-10-16(2)17(3)20(11-15)25-13-21(24)22-12-19(18-6-9-26-14-18)23-7-4-5-8-23/h6,9-11,14,19H,4-5,7-8,12-13H2,1-3H3,(H,22,24). The van der Waals surface area contributed by atoms with Crippen LogP contribution in [0.1, 0.15) is 41.1 Å². The molecule has 1 aliphatic rings. The number of benzene rings is 1. The average molecular weight is 373 g/mol. The fourth-order valence-corrected chi connectivity index (χ4v) is 4.24. The van der Waals surface area contributed by atoms with Crippen LogP contribution in [0.5, 0.6) is 5.75 Å². The molecule has 1 aromatic carbocycles. The van der Waals surface area contributed by atoms with Crippen molar-refractivity contribution in [3.05, 3.63) is 51.2 Å². The number of ether oxygens (including phenoxy) is 1. The Labute approximate surface area is 160 Å². The van der Waals surface area contributed by atoms with Gasteiger partial charge in [0, 0.05) is 6.54 Å². The lowest BCUT2D eigenvalue weighted by atomic mass is 10.1. The van der Waals surface area contributed by atoms with Gasteiger partial charge in [-0.25, -0.2) is 0 Å². The molecule has 1 unspecified atom stereocenters. The molecule has 1 amide bonds. The number of hydrogen-bond acceptors (Lipinski definition) is 4. The maximum absolute atomic E-state index is 12.3. The summed E-state index contributed by atoms with van der Waals surface area (Å²) in [5.74, 6) is 0.731. The smallest absolute Gasteiger partial charge is 0.258 e. The van der Waals surface area contributed by atoms with Crippen molar-refractivity contribution in [1.29, 1.82) is 0 Å². The Morgan fingerprint density at radius 3 is 2.73 bits per heavy atom. The van der Waals surface area contributed by atoms with E-state index in [0.29, 0.717) is 6.54 Å². The predicted molar refractivity (Wildman–Crippen MR) is 107 cm³/mol. The second kappa shape index (κ2) is 8.69. The normalized spacial score (nSPS) is 15.8. The molecule has 1 N–H and O–H groups in total. The first kappa shape index (κ1) is 18.9. The maximum Gasteiger partial charge on any atom is 0.258 e. The van der Waals surface area contributed by atoms with E-state index in [2.05, 4.69) is 40.0 Å². The van der Waals surface area contributed by atoms with Crippen molar-refractivity contribution in [2.24, 2.45) is 0 Å². The van der Waals surface area contributed by atoms with Crippen LogP contribution < -0.4 is 10.1 Å². The van der Waals surface area contributed by atoms with Gasteiger partial charge in [-0.15, -0.1) is 0 Å². The Morgan fingerprint density at radius 2 is 2.04 bits per heavy atom. The zero-order chi connectivity index (χ0) is 18.5. The van der Waals surface area contributed by atoms with E-state index in [1.165, 1.54) is 24.0 Å². The van der Waals surface area contributed by atoms with Gasteiger partial charge in [-0.05, 0) is 91.8 Å². The minimum Gasteiger partial charge on any atom is -0.483 e. The molecule has 2 aromatic rings. The van der Waals surface area contributed by atoms with Crippen LogP contribution in [0.25, 0.3) is 0 Å². The van der Waals surface area contributed by atoms with Gasteiger partial charge in [-0.3, -0.25) is 9.69 Å². The van der Waals surface area contributed by atoms with Gasteiger partial charge in [0.1, 0.15) is 5.75 Å². The van der Waals surface area contributed by atoms with Gasteiger partial charge in [0.2, 0.25) is 0 Å². The number of nitrogens with one attached hydrogen (secondary N) is 1. The topological polar surface area (TPSA) is 41.6 Å². The number of hydrogen-bond donors (Lipinski definition) is 1. The summed E-state index contributed by atoms with van der Waals surface area (Å²) in [6.07, 6.45) is 2.48. The van der Waals surface area contributed by atoms with E-state index in [4.69, 9.17) is 4.74 Å². The highest BCUT2D eigenvalue weighted by Crippen LogP contribution is 2.26. The number of carbonyl (C=O) groups excluding carboxylic acids is 1. The van der Waals surface area contributed by atoms with Crippen LogP contribution in [0, 0.1) is 20.8 Å². The molecule has 26 heavy (non-hydrogen) atoms. The molecule has 3 rings (SSSR count). The number of nitrogens with zero attached hydrogens (tertiary/aromatic N) is 1. The molecule has 0 bridgehead atoms. The molecule has 1 atom stereocenters. The fourth-order valence-electron chi connectivity index (χ4n) is 3.53. The highest BCUT2D eigenvalue weighted by atomic mass is 32.1. The third-order valence-electron chi connectivity index (χ3n) is 5.12. The van der Waals surface area contributed by atoms with Crippen molar-refractivity contribution >= 4 is 17.2 Å². The number of rotatable bonds is 7. The lowest BCUT2D eigenvalue weighted by Crippen LogP contribution is -2.38. The first-order valence-corrected chi connectivity index (χ1v) is 10.2. The van der Waals surface area contributed by atoms with Gasteiger partial charge in [0.25, 0.3) is 5.91 Å². The van der Waals surface area contributed by atoms with Gasteiger partial charge in [-0.1, -0.05) is 6.07 Å². The lowest BCUT2D eigenvalue weighted by molar-refractivity contribution is -0.123. The molecule has 5 heteroatoms. The zero-order valence-corrected chi connectivity index (χ0v) is 16.7.